The Morgan fingerprint density at radius 3 is 2.42 bits per heavy atom. The molecular formula is C24H25FN4O4. The molecule has 0 bridgehead atoms. The summed E-state index contributed by atoms with van der Waals surface area (Å²) < 4.78 is 13.3. The van der Waals surface area contributed by atoms with E-state index in [1.165, 1.54) is 31.2 Å². The lowest BCUT2D eigenvalue weighted by atomic mass is 9.92. The minimum absolute atomic E-state index is 0.120. The molecule has 2 aromatic rings. The van der Waals surface area contributed by atoms with Crippen LogP contribution in [0.4, 0.5) is 9.18 Å². The molecule has 172 valence electrons. The number of carbonyl (C=O) groups excluding carboxylic acids is 4. The molecule has 33 heavy (non-hydrogen) atoms. The van der Waals surface area contributed by atoms with Crippen molar-refractivity contribution < 1.29 is 23.6 Å². The molecule has 0 spiro atoms. The van der Waals surface area contributed by atoms with Crippen LogP contribution in [-0.2, 0) is 26.3 Å². The number of nitrogens with one attached hydrogen (secondary N) is 3. The van der Waals surface area contributed by atoms with Crippen LogP contribution >= 0.6 is 0 Å². The molecule has 3 N–H and O–H groups in total. The van der Waals surface area contributed by atoms with Crippen LogP contribution in [0.5, 0.6) is 0 Å². The lowest BCUT2D eigenvalue weighted by Gasteiger charge is -2.23. The van der Waals surface area contributed by atoms with E-state index in [1.54, 1.807) is 0 Å². The van der Waals surface area contributed by atoms with Gasteiger partial charge in [-0.2, -0.15) is 0 Å². The van der Waals surface area contributed by atoms with Crippen molar-refractivity contribution in [3.05, 3.63) is 71.5 Å². The average molecular weight is 452 g/mol. The Labute approximate surface area is 190 Å². The first-order chi connectivity index (χ1) is 15.8. The van der Waals surface area contributed by atoms with Crippen LogP contribution in [0, 0.1) is 5.82 Å². The summed E-state index contributed by atoms with van der Waals surface area (Å²) in [6.45, 7) is 0.961. The highest BCUT2D eigenvalue weighted by atomic mass is 19.1. The van der Waals surface area contributed by atoms with Gasteiger partial charge in [-0.1, -0.05) is 42.5 Å². The molecule has 1 saturated carbocycles. The van der Waals surface area contributed by atoms with Gasteiger partial charge in [0.05, 0.1) is 0 Å². The highest BCUT2D eigenvalue weighted by Crippen LogP contribution is 2.28. The minimum Gasteiger partial charge on any atom is -0.352 e. The molecule has 8 nitrogen and oxygen atoms in total. The fourth-order valence-corrected chi connectivity index (χ4v) is 3.79. The first-order valence-corrected chi connectivity index (χ1v) is 10.8. The van der Waals surface area contributed by atoms with Gasteiger partial charge in [-0.15, -0.1) is 0 Å². The van der Waals surface area contributed by atoms with Crippen LogP contribution in [0.3, 0.4) is 0 Å². The topological polar surface area (TPSA) is 108 Å². The quantitative estimate of drug-likeness (QED) is 0.529. The fraction of sp³-hybridized carbons (Fsp3) is 0.333. The van der Waals surface area contributed by atoms with Gasteiger partial charge in [-0.25, -0.2) is 9.18 Å². The van der Waals surface area contributed by atoms with Crippen molar-refractivity contribution in [2.45, 2.75) is 43.8 Å². The molecule has 1 heterocycles. The van der Waals surface area contributed by atoms with E-state index < -0.39 is 41.8 Å². The van der Waals surface area contributed by atoms with Gasteiger partial charge in [0, 0.05) is 12.5 Å². The fourth-order valence-electron chi connectivity index (χ4n) is 3.79. The Kier molecular flexibility index (Phi) is 6.13. The second-order valence-electron chi connectivity index (χ2n) is 8.55. The standard InChI is InChI=1S/C24H25FN4O4/c1-24(16-7-9-17(25)10-8-16)22(32)29(23(33)28-24)14-20(30)27-19(21(31)26-18-11-12-18)13-15-5-3-2-4-6-15/h2-10,18-19H,11-14H2,1H3,(H,26,31)(H,27,30)(H,28,33). The Morgan fingerprint density at radius 2 is 1.79 bits per heavy atom. The Hall–Kier alpha value is -3.75. The average Bonchev–Trinajstić information content (AvgIpc) is 3.58. The summed E-state index contributed by atoms with van der Waals surface area (Å²) in [5.74, 6) is -2.03. The Balaban J connectivity index is 1.45. The van der Waals surface area contributed by atoms with E-state index >= 15 is 0 Å². The third kappa shape index (κ3) is 5.02. The summed E-state index contributed by atoms with van der Waals surface area (Å²) in [6.07, 6.45) is 2.09. The zero-order valence-corrected chi connectivity index (χ0v) is 18.1. The molecule has 9 heteroatoms. The second-order valence-corrected chi connectivity index (χ2v) is 8.55. The van der Waals surface area contributed by atoms with Crippen LogP contribution in [0.1, 0.15) is 30.9 Å². The van der Waals surface area contributed by atoms with E-state index in [0.717, 1.165) is 23.3 Å². The number of hydrogen-bond donors (Lipinski definition) is 3. The normalized spacial score (nSPS) is 20.8. The zero-order chi connectivity index (χ0) is 23.6. The van der Waals surface area contributed by atoms with E-state index in [1.807, 2.05) is 30.3 Å². The molecule has 1 saturated heterocycles. The lowest BCUT2D eigenvalue weighted by molar-refractivity contribution is -0.135. The van der Waals surface area contributed by atoms with Crippen molar-refractivity contribution in [3.63, 3.8) is 0 Å². The Bertz CT molecular complexity index is 1070. The maximum absolute atomic E-state index is 13.3. The number of carbonyl (C=O) groups is 4. The van der Waals surface area contributed by atoms with Gasteiger partial charge in [0.15, 0.2) is 0 Å². The molecule has 0 radical (unpaired) electrons. The highest BCUT2D eigenvalue weighted by molar-refractivity contribution is 6.09. The van der Waals surface area contributed by atoms with Gasteiger partial charge in [0.25, 0.3) is 5.91 Å². The summed E-state index contributed by atoms with van der Waals surface area (Å²) in [6, 6.07) is 13.0. The number of hydrogen-bond acceptors (Lipinski definition) is 4. The van der Waals surface area contributed by atoms with Crippen LogP contribution in [0.15, 0.2) is 54.6 Å². The van der Waals surface area contributed by atoms with Crippen molar-refractivity contribution in [3.8, 4) is 0 Å². The number of rotatable bonds is 8. The van der Waals surface area contributed by atoms with Gasteiger partial charge in [-0.05, 0) is 43.0 Å². The van der Waals surface area contributed by atoms with Crippen molar-refractivity contribution in [1.82, 2.24) is 20.9 Å². The third-order valence-electron chi connectivity index (χ3n) is 5.86. The molecule has 1 aliphatic heterocycles. The molecule has 2 unspecified atom stereocenters. The van der Waals surface area contributed by atoms with E-state index in [4.69, 9.17) is 0 Å². The molecule has 2 aromatic carbocycles. The molecule has 2 atom stereocenters. The summed E-state index contributed by atoms with van der Waals surface area (Å²) in [7, 11) is 0. The number of amides is 5. The first kappa shape index (κ1) is 22.4. The van der Waals surface area contributed by atoms with Gasteiger partial charge in [0.1, 0.15) is 23.9 Å². The second kappa shape index (κ2) is 9.01. The maximum Gasteiger partial charge on any atom is 0.325 e. The van der Waals surface area contributed by atoms with Crippen molar-refractivity contribution >= 4 is 23.8 Å². The molecule has 2 aliphatic rings. The summed E-state index contributed by atoms with van der Waals surface area (Å²) >= 11 is 0. The summed E-state index contributed by atoms with van der Waals surface area (Å²) in [4.78, 5) is 51.8. The molecule has 1 aliphatic carbocycles. The largest absolute Gasteiger partial charge is 0.352 e. The summed E-state index contributed by atoms with van der Waals surface area (Å²) in [5.41, 5.74) is -0.152. The zero-order valence-electron chi connectivity index (χ0n) is 18.1. The number of halogens is 1. The highest BCUT2D eigenvalue weighted by Gasteiger charge is 2.49. The van der Waals surface area contributed by atoms with Crippen LogP contribution in [-0.4, -0.2) is 47.3 Å². The monoisotopic (exact) mass is 452 g/mol. The maximum atomic E-state index is 13.3. The van der Waals surface area contributed by atoms with Crippen molar-refractivity contribution in [2.75, 3.05) is 6.54 Å². The van der Waals surface area contributed by atoms with E-state index in [2.05, 4.69) is 16.0 Å². The first-order valence-electron chi connectivity index (χ1n) is 10.8. The van der Waals surface area contributed by atoms with Crippen LogP contribution < -0.4 is 16.0 Å². The lowest BCUT2D eigenvalue weighted by Crippen LogP contribution is -2.51. The van der Waals surface area contributed by atoms with Crippen molar-refractivity contribution in [1.29, 1.82) is 0 Å². The predicted octanol–water partition coefficient (Wildman–Crippen LogP) is 1.60. The van der Waals surface area contributed by atoms with Crippen LogP contribution in [0.2, 0.25) is 0 Å². The molecule has 0 aromatic heterocycles. The van der Waals surface area contributed by atoms with Crippen LogP contribution in [0.25, 0.3) is 0 Å². The third-order valence-corrected chi connectivity index (χ3v) is 5.86. The molecule has 5 amide bonds. The minimum atomic E-state index is -1.42. The molecule has 2 fully saturated rings. The van der Waals surface area contributed by atoms with Gasteiger partial charge in [0.2, 0.25) is 11.8 Å². The smallest absolute Gasteiger partial charge is 0.325 e. The number of benzene rings is 2. The van der Waals surface area contributed by atoms with E-state index in [0.29, 0.717) is 5.56 Å². The van der Waals surface area contributed by atoms with Crippen molar-refractivity contribution in [2.24, 2.45) is 0 Å². The molecule has 4 rings (SSSR count). The number of nitrogens with zero attached hydrogens (tertiary/aromatic N) is 1. The van der Waals surface area contributed by atoms with Gasteiger partial charge >= 0.3 is 6.03 Å². The van der Waals surface area contributed by atoms with E-state index in [9.17, 15) is 23.6 Å². The SMILES string of the molecule is CC1(c2ccc(F)cc2)NC(=O)N(CC(=O)NC(Cc2ccccc2)C(=O)NC2CC2)C1=O. The summed E-state index contributed by atoms with van der Waals surface area (Å²) in [5, 5.41) is 8.13. The Morgan fingerprint density at radius 1 is 1.12 bits per heavy atom. The molecular weight excluding hydrogens is 427 g/mol. The number of urea groups is 1. The van der Waals surface area contributed by atoms with Gasteiger partial charge in [-0.3, -0.25) is 19.3 Å². The van der Waals surface area contributed by atoms with Gasteiger partial charge < -0.3 is 16.0 Å². The predicted molar refractivity (Wildman–Crippen MR) is 117 cm³/mol. The van der Waals surface area contributed by atoms with E-state index in [-0.39, 0.29) is 18.4 Å². The number of imide groups is 1.